The second kappa shape index (κ2) is 6.94. The van der Waals surface area contributed by atoms with Gasteiger partial charge in [-0.25, -0.2) is 4.98 Å². The lowest BCUT2D eigenvalue weighted by molar-refractivity contribution is 0.0792. The average Bonchev–Trinajstić information content (AvgIpc) is 2.94. The maximum absolute atomic E-state index is 9.54. The van der Waals surface area contributed by atoms with Gasteiger partial charge in [0.05, 0.1) is 6.10 Å². The van der Waals surface area contributed by atoms with E-state index in [-0.39, 0.29) is 6.10 Å². The first-order valence-electron chi connectivity index (χ1n) is 7.79. The molecule has 0 saturated carbocycles. The molecule has 2 aromatic rings. The molecule has 5 heteroatoms. The second-order valence-corrected chi connectivity index (χ2v) is 5.89. The fourth-order valence-corrected chi connectivity index (χ4v) is 2.71. The van der Waals surface area contributed by atoms with Crippen LogP contribution in [-0.4, -0.2) is 38.8 Å². The lowest BCUT2D eigenvalue weighted by Crippen LogP contribution is -2.35. The third-order valence-electron chi connectivity index (χ3n) is 4.18. The third-order valence-corrected chi connectivity index (χ3v) is 4.18. The van der Waals surface area contributed by atoms with Crippen molar-refractivity contribution in [3.63, 3.8) is 0 Å². The number of hydrogen-bond donors (Lipinski definition) is 1. The lowest BCUT2D eigenvalue weighted by atomic mass is 10.1. The number of aliphatic hydroxyl groups excluding tert-OH is 1. The van der Waals surface area contributed by atoms with Crippen molar-refractivity contribution in [2.24, 2.45) is 7.05 Å². The van der Waals surface area contributed by atoms with Gasteiger partial charge in [0.25, 0.3) is 0 Å². The average molecular weight is 301 g/mol. The molecule has 1 aromatic heterocycles. The van der Waals surface area contributed by atoms with Crippen LogP contribution in [0.15, 0.2) is 36.7 Å². The molecule has 1 fully saturated rings. The first-order chi connectivity index (χ1) is 10.7. The molecule has 0 atom stereocenters. The number of imidazole rings is 1. The molecule has 1 aliphatic rings. The first-order valence-corrected chi connectivity index (χ1v) is 7.79. The Morgan fingerprint density at radius 3 is 2.59 bits per heavy atom. The van der Waals surface area contributed by atoms with Gasteiger partial charge in [0.2, 0.25) is 0 Å². The molecular weight excluding hydrogens is 278 g/mol. The van der Waals surface area contributed by atoms with Crippen molar-refractivity contribution in [2.45, 2.75) is 32.1 Å². The Morgan fingerprint density at radius 1 is 1.23 bits per heavy atom. The number of ether oxygens (including phenoxy) is 1. The summed E-state index contributed by atoms with van der Waals surface area (Å²) in [5.41, 5.74) is 1.28. The zero-order valence-corrected chi connectivity index (χ0v) is 13.0. The highest BCUT2D eigenvalue weighted by molar-refractivity contribution is 5.27. The third kappa shape index (κ3) is 3.87. The summed E-state index contributed by atoms with van der Waals surface area (Å²) in [7, 11) is 1.96. The fraction of sp³-hybridized carbons (Fsp3) is 0.471. The van der Waals surface area contributed by atoms with Crippen LogP contribution in [0.4, 0.5) is 0 Å². The summed E-state index contributed by atoms with van der Waals surface area (Å²) in [6.07, 6.45) is 5.34. The molecule has 0 unspecified atom stereocenters. The van der Waals surface area contributed by atoms with Gasteiger partial charge in [-0.3, -0.25) is 4.90 Å². The molecule has 1 saturated heterocycles. The smallest absolute Gasteiger partial charge is 0.146 e. The molecule has 0 amide bonds. The fourth-order valence-electron chi connectivity index (χ4n) is 2.71. The quantitative estimate of drug-likeness (QED) is 0.917. The normalized spacial score (nSPS) is 16.8. The maximum Gasteiger partial charge on any atom is 0.146 e. The van der Waals surface area contributed by atoms with Crippen LogP contribution in [0.5, 0.6) is 5.75 Å². The molecule has 118 valence electrons. The second-order valence-electron chi connectivity index (χ2n) is 5.89. The summed E-state index contributed by atoms with van der Waals surface area (Å²) in [6.45, 7) is 3.36. The molecule has 2 heterocycles. The Balaban J connectivity index is 1.51. The molecule has 22 heavy (non-hydrogen) atoms. The summed E-state index contributed by atoms with van der Waals surface area (Å²) < 4.78 is 7.72. The molecule has 3 rings (SSSR count). The van der Waals surface area contributed by atoms with Crippen molar-refractivity contribution in [1.82, 2.24) is 14.5 Å². The molecule has 0 spiro atoms. The van der Waals surface area contributed by atoms with E-state index in [1.807, 2.05) is 29.9 Å². The Bertz CT molecular complexity index is 586. The van der Waals surface area contributed by atoms with Crippen LogP contribution in [0.3, 0.4) is 0 Å². The number of likely N-dealkylation sites (tertiary alicyclic amines) is 1. The zero-order chi connectivity index (χ0) is 15.4. The Labute approximate surface area is 131 Å². The topological polar surface area (TPSA) is 50.5 Å². The number of aliphatic hydroxyl groups is 1. The highest BCUT2D eigenvalue weighted by Crippen LogP contribution is 2.17. The summed E-state index contributed by atoms with van der Waals surface area (Å²) in [6, 6.07) is 8.24. The van der Waals surface area contributed by atoms with Gasteiger partial charge in [-0.05, 0) is 30.5 Å². The van der Waals surface area contributed by atoms with E-state index in [1.54, 1.807) is 6.20 Å². The molecule has 1 N–H and O–H groups in total. The molecule has 1 aromatic carbocycles. The number of rotatable bonds is 5. The van der Waals surface area contributed by atoms with E-state index in [0.717, 1.165) is 44.0 Å². The molecule has 5 nitrogen and oxygen atoms in total. The minimum absolute atomic E-state index is 0.113. The van der Waals surface area contributed by atoms with E-state index in [4.69, 9.17) is 4.74 Å². The Kier molecular flexibility index (Phi) is 4.75. The minimum Gasteiger partial charge on any atom is -0.486 e. The summed E-state index contributed by atoms with van der Waals surface area (Å²) in [4.78, 5) is 6.63. The summed E-state index contributed by atoms with van der Waals surface area (Å²) in [5.74, 6) is 1.77. The number of nitrogens with zero attached hydrogens (tertiary/aromatic N) is 3. The van der Waals surface area contributed by atoms with E-state index < -0.39 is 0 Å². The van der Waals surface area contributed by atoms with Crippen molar-refractivity contribution < 1.29 is 9.84 Å². The van der Waals surface area contributed by atoms with Crippen LogP contribution >= 0.6 is 0 Å². The number of benzene rings is 1. The highest BCUT2D eigenvalue weighted by Gasteiger charge is 2.16. The number of hydrogen-bond acceptors (Lipinski definition) is 4. The van der Waals surface area contributed by atoms with Gasteiger partial charge in [-0.15, -0.1) is 0 Å². The highest BCUT2D eigenvalue weighted by atomic mass is 16.5. The van der Waals surface area contributed by atoms with Crippen LogP contribution in [0.25, 0.3) is 0 Å². The van der Waals surface area contributed by atoms with Crippen LogP contribution in [-0.2, 0) is 20.2 Å². The number of piperidine rings is 1. The van der Waals surface area contributed by atoms with Gasteiger partial charge in [0.15, 0.2) is 0 Å². The standard InChI is InChI=1S/C17H23N3O2/c1-19-11-8-18-17(19)13-22-16-4-2-14(3-5-16)12-20-9-6-15(21)7-10-20/h2-5,8,11,15,21H,6-7,9-10,12-13H2,1H3. The van der Waals surface area contributed by atoms with Crippen molar-refractivity contribution in [2.75, 3.05) is 13.1 Å². The van der Waals surface area contributed by atoms with Gasteiger partial charge in [-0.1, -0.05) is 12.1 Å². The number of aryl methyl sites for hydroxylation is 1. The maximum atomic E-state index is 9.54. The molecule has 0 bridgehead atoms. The predicted molar refractivity (Wildman–Crippen MR) is 84.5 cm³/mol. The largest absolute Gasteiger partial charge is 0.486 e. The van der Waals surface area contributed by atoms with Crippen molar-refractivity contribution in [3.05, 3.63) is 48.0 Å². The zero-order valence-electron chi connectivity index (χ0n) is 13.0. The lowest BCUT2D eigenvalue weighted by Gasteiger charge is -2.29. The van der Waals surface area contributed by atoms with Crippen LogP contribution in [0.1, 0.15) is 24.2 Å². The van der Waals surface area contributed by atoms with Crippen LogP contribution in [0.2, 0.25) is 0 Å². The van der Waals surface area contributed by atoms with Gasteiger partial charge in [-0.2, -0.15) is 0 Å². The van der Waals surface area contributed by atoms with E-state index in [0.29, 0.717) is 6.61 Å². The molecular formula is C17H23N3O2. The molecule has 0 aliphatic carbocycles. The van der Waals surface area contributed by atoms with Gasteiger partial charge >= 0.3 is 0 Å². The van der Waals surface area contributed by atoms with Crippen molar-refractivity contribution in [1.29, 1.82) is 0 Å². The summed E-state index contributed by atoms with van der Waals surface area (Å²) >= 11 is 0. The number of aromatic nitrogens is 2. The monoisotopic (exact) mass is 301 g/mol. The van der Waals surface area contributed by atoms with E-state index in [1.165, 1.54) is 5.56 Å². The van der Waals surface area contributed by atoms with Gasteiger partial charge in [0.1, 0.15) is 18.2 Å². The SMILES string of the molecule is Cn1ccnc1COc1ccc(CN2CCC(O)CC2)cc1. The van der Waals surface area contributed by atoms with E-state index in [9.17, 15) is 5.11 Å². The van der Waals surface area contributed by atoms with Crippen molar-refractivity contribution >= 4 is 0 Å². The minimum atomic E-state index is -0.113. The van der Waals surface area contributed by atoms with E-state index in [2.05, 4.69) is 22.0 Å². The molecule has 0 radical (unpaired) electrons. The summed E-state index contributed by atoms with van der Waals surface area (Å²) in [5, 5.41) is 9.54. The van der Waals surface area contributed by atoms with Crippen LogP contribution < -0.4 is 4.74 Å². The Hall–Kier alpha value is -1.85. The predicted octanol–water partition coefficient (Wildman–Crippen LogP) is 1.96. The molecule has 1 aliphatic heterocycles. The van der Waals surface area contributed by atoms with E-state index >= 15 is 0 Å². The Morgan fingerprint density at radius 2 is 1.95 bits per heavy atom. The van der Waals surface area contributed by atoms with Gasteiger partial charge < -0.3 is 14.4 Å². The van der Waals surface area contributed by atoms with Crippen LogP contribution in [0, 0.1) is 0 Å². The van der Waals surface area contributed by atoms with Crippen molar-refractivity contribution in [3.8, 4) is 5.75 Å². The van der Waals surface area contributed by atoms with Gasteiger partial charge in [0, 0.05) is 39.1 Å². The first kappa shape index (κ1) is 15.1.